The maximum atomic E-state index is 12.5. The molecule has 0 bridgehead atoms. The molecular weight excluding hydrogens is 268 g/mol. The average molecular weight is 290 g/mol. The Morgan fingerprint density at radius 2 is 1.90 bits per heavy atom. The fourth-order valence-electron chi connectivity index (χ4n) is 2.60. The highest BCUT2D eigenvalue weighted by Gasteiger charge is 2.36. The Hall–Kier alpha value is -1.88. The normalized spacial score (nSPS) is 16.0. The Kier molecular flexibility index (Phi) is 4.96. The van der Waals surface area contributed by atoms with Crippen LogP contribution in [0.25, 0.3) is 0 Å². The first kappa shape index (κ1) is 15.5. The van der Waals surface area contributed by atoms with Crippen LogP contribution in [-0.2, 0) is 9.59 Å². The maximum Gasteiger partial charge on any atom is 0.303 e. The first-order valence-corrected chi connectivity index (χ1v) is 7.36. The predicted octanol–water partition coefficient (Wildman–Crippen LogP) is 2.16. The number of hydrogen-bond acceptors (Lipinski definition) is 3. The molecule has 0 aromatic heterocycles. The molecule has 5 nitrogen and oxygen atoms in total. The van der Waals surface area contributed by atoms with Crippen LogP contribution < -0.4 is 10.6 Å². The molecule has 1 aromatic rings. The van der Waals surface area contributed by atoms with Gasteiger partial charge in [0.2, 0.25) is 5.91 Å². The third kappa shape index (κ3) is 4.29. The van der Waals surface area contributed by atoms with Crippen LogP contribution in [0.15, 0.2) is 30.3 Å². The molecule has 2 rings (SSSR count). The highest BCUT2D eigenvalue weighted by molar-refractivity contribution is 5.94. The number of nitrogens with two attached hydrogens (primary N) is 1. The van der Waals surface area contributed by atoms with Gasteiger partial charge in [-0.2, -0.15) is 0 Å². The predicted molar refractivity (Wildman–Crippen MR) is 81.1 cm³/mol. The van der Waals surface area contributed by atoms with Crippen LogP contribution in [0.4, 0.5) is 5.69 Å². The quantitative estimate of drug-likeness (QED) is 0.806. The van der Waals surface area contributed by atoms with Crippen LogP contribution in [0.3, 0.4) is 0 Å². The van der Waals surface area contributed by atoms with Gasteiger partial charge in [0, 0.05) is 30.6 Å². The fraction of sp³-hybridized carbons (Fsp3) is 0.500. The summed E-state index contributed by atoms with van der Waals surface area (Å²) in [6, 6.07) is 9.35. The summed E-state index contributed by atoms with van der Waals surface area (Å²) in [4.78, 5) is 24.8. The van der Waals surface area contributed by atoms with E-state index in [2.05, 4.69) is 0 Å². The second kappa shape index (κ2) is 6.72. The summed E-state index contributed by atoms with van der Waals surface area (Å²) in [7, 11) is 0. The number of amides is 1. The molecule has 0 unspecified atom stereocenters. The summed E-state index contributed by atoms with van der Waals surface area (Å²) >= 11 is 0. The maximum absolute atomic E-state index is 12.5. The third-order valence-corrected chi connectivity index (χ3v) is 3.99. The molecule has 1 aromatic carbocycles. The van der Waals surface area contributed by atoms with E-state index in [1.807, 2.05) is 30.3 Å². The monoisotopic (exact) mass is 290 g/mol. The van der Waals surface area contributed by atoms with Gasteiger partial charge in [0.15, 0.2) is 0 Å². The van der Waals surface area contributed by atoms with Crippen LogP contribution in [0.1, 0.15) is 38.5 Å². The first-order chi connectivity index (χ1) is 10.0. The zero-order valence-electron chi connectivity index (χ0n) is 12.1. The van der Waals surface area contributed by atoms with Gasteiger partial charge in [-0.15, -0.1) is 0 Å². The second-order valence-electron chi connectivity index (χ2n) is 5.77. The molecule has 0 saturated heterocycles. The number of benzene rings is 1. The minimum atomic E-state index is -0.843. The van der Waals surface area contributed by atoms with Crippen molar-refractivity contribution in [3.8, 4) is 0 Å². The molecule has 1 fully saturated rings. The molecule has 21 heavy (non-hydrogen) atoms. The molecule has 114 valence electrons. The summed E-state index contributed by atoms with van der Waals surface area (Å²) in [5.41, 5.74) is 6.59. The van der Waals surface area contributed by atoms with Gasteiger partial charge in [-0.25, -0.2) is 0 Å². The minimum Gasteiger partial charge on any atom is -0.481 e. The Bertz CT molecular complexity index is 498. The van der Waals surface area contributed by atoms with Crippen molar-refractivity contribution in [1.82, 2.24) is 0 Å². The van der Waals surface area contributed by atoms with Crippen molar-refractivity contribution in [3.63, 3.8) is 0 Å². The van der Waals surface area contributed by atoms with Crippen molar-refractivity contribution < 1.29 is 14.7 Å². The zero-order valence-corrected chi connectivity index (χ0v) is 12.1. The summed E-state index contributed by atoms with van der Waals surface area (Å²) < 4.78 is 0. The number of carbonyl (C=O) groups excluding carboxylic acids is 1. The van der Waals surface area contributed by atoms with Gasteiger partial charge in [0.1, 0.15) is 0 Å². The number of anilines is 1. The van der Waals surface area contributed by atoms with Crippen LogP contribution >= 0.6 is 0 Å². The summed E-state index contributed by atoms with van der Waals surface area (Å²) in [5.74, 6) is -0.862. The minimum absolute atomic E-state index is 0.0196. The van der Waals surface area contributed by atoms with Crippen molar-refractivity contribution in [3.05, 3.63) is 30.3 Å². The molecule has 1 aliphatic carbocycles. The smallest absolute Gasteiger partial charge is 0.303 e. The molecule has 3 N–H and O–H groups in total. The Morgan fingerprint density at radius 3 is 2.43 bits per heavy atom. The second-order valence-corrected chi connectivity index (χ2v) is 5.77. The Morgan fingerprint density at radius 1 is 1.24 bits per heavy atom. The van der Waals surface area contributed by atoms with E-state index in [9.17, 15) is 9.59 Å². The highest BCUT2D eigenvalue weighted by atomic mass is 16.4. The molecule has 1 aliphatic rings. The van der Waals surface area contributed by atoms with E-state index in [0.29, 0.717) is 19.4 Å². The molecule has 1 amide bonds. The molecule has 5 heteroatoms. The van der Waals surface area contributed by atoms with Gasteiger partial charge in [-0.3, -0.25) is 9.59 Å². The number of carboxylic acids is 1. The SMILES string of the molecule is NC1(CC(=O)N(CCCC(=O)O)c2ccccc2)CCC1. The molecule has 0 aliphatic heterocycles. The van der Waals surface area contributed by atoms with Crippen LogP contribution in [0.2, 0.25) is 0 Å². The molecule has 0 spiro atoms. The fourth-order valence-corrected chi connectivity index (χ4v) is 2.60. The number of hydrogen-bond donors (Lipinski definition) is 2. The number of aliphatic carboxylic acids is 1. The van der Waals surface area contributed by atoms with Crippen molar-refractivity contribution >= 4 is 17.6 Å². The lowest BCUT2D eigenvalue weighted by Crippen LogP contribution is -2.50. The third-order valence-electron chi connectivity index (χ3n) is 3.99. The molecule has 0 heterocycles. The molecule has 1 saturated carbocycles. The van der Waals surface area contributed by atoms with Gasteiger partial charge in [-0.1, -0.05) is 18.2 Å². The Balaban J connectivity index is 2.03. The molecule has 0 atom stereocenters. The van der Waals surface area contributed by atoms with Crippen LogP contribution in [-0.4, -0.2) is 29.1 Å². The van der Waals surface area contributed by atoms with E-state index in [0.717, 1.165) is 24.9 Å². The molecule has 0 radical (unpaired) electrons. The average Bonchev–Trinajstić information content (AvgIpc) is 2.42. The standard InChI is InChI=1S/C16H22N2O3/c17-16(9-5-10-16)12-14(19)18(11-4-8-15(20)21)13-6-2-1-3-7-13/h1-3,6-7H,4-5,8-12,17H2,(H,20,21). The first-order valence-electron chi connectivity index (χ1n) is 7.36. The van der Waals surface area contributed by atoms with Crippen molar-refractivity contribution in [1.29, 1.82) is 0 Å². The van der Waals surface area contributed by atoms with Gasteiger partial charge in [0.25, 0.3) is 0 Å². The number of nitrogens with zero attached hydrogens (tertiary/aromatic N) is 1. The van der Waals surface area contributed by atoms with E-state index in [1.54, 1.807) is 4.90 Å². The van der Waals surface area contributed by atoms with Crippen LogP contribution in [0, 0.1) is 0 Å². The number of rotatable bonds is 7. The lowest BCUT2D eigenvalue weighted by molar-refractivity contribution is -0.137. The van der Waals surface area contributed by atoms with E-state index >= 15 is 0 Å². The summed E-state index contributed by atoms with van der Waals surface area (Å²) in [6.45, 7) is 0.408. The Labute approximate surface area is 124 Å². The van der Waals surface area contributed by atoms with Crippen molar-refractivity contribution in [2.45, 2.75) is 44.1 Å². The van der Waals surface area contributed by atoms with Gasteiger partial charge >= 0.3 is 5.97 Å². The van der Waals surface area contributed by atoms with E-state index in [-0.39, 0.29) is 17.9 Å². The number of carboxylic acid groups (broad SMARTS) is 1. The van der Waals surface area contributed by atoms with E-state index < -0.39 is 5.97 Å². The van der Waals surface area contributed by atoms with E-state index in [4.69, 9.17) is 10.8 Å². The highest BCUT2D eigenvalue weighted by Crippen LogP contribution is 2.33. The van der Waals surface area contributed by atoms with Crippen molar-refractivity contribution in [2.75, 3.05) is 11.4 Å². The van der Waals surface area contributed by atoms with E-state index in [1.165, 1.54) is 0 Å². The zero-order chi connectivity index (χ0) is 15.3. The largest absolute Gasteiger partial charge is 0.481 e. The van der Waals surface area contributed by atoms with Gasteiger partial charge < -0.3 is 15.7 Å². The molecular formula is C16H22N2O3. The van der Waals surface area contributed by atoms with Gasteiger partial charge in [-0.05, 0) is 37.8 Å². The summed E-state index contributed by atoms with van der Waals surface area (Å²) in [5, 5.41) is 8.75. The number of carbonyl (C=O) groups is 2. The lowest BCUT2D eigenvalue weighted by atomic mass is 9.75. The summed E-state index contributed by atoms with van der Waals surface area (Å²) in [6.07, 6.45) is 3.67. The van der Waals surface area contributed by atoms with Crippen LogP contribution in [0.5, 0.6) is 0 Å². The van der Waals surface area contributed by atoms with Crippen molar-refractivity contribution in [2.24, 2.45) is 5.73 Å². The number of para-hydroxylation sites is 1. The lowest BCUT2D eigenvalue weighted by Gasteiger charge is -2.39. The van der Waals surface area contributed by atoms with Gasteiger partial charge in [0.05, 0.1) is 0 Å². The topological polar surface area (TPSA) is 83.6 Å².